The summed E-state index contributed by atoms with van der Waals surface area (Å²) in [7, 11) is 0. The highest BCUT2D eigenvalue weighted by Gasteiger charge is 2.23. The number of amides is 1. The van der Waals surface area contributed by atoms with Gasteiger partial charge >= 0.3 is 11.7 Å². The monoisotopic (exact) mass is 297 g/mol. The van der Waals surface area contributed by atoms with Crippen LogP contribution < -0.4 is 0 Å². The van der Waals surface area contributed by atoms with Crippen molar-refractivity contribution in [3.05, 3.63) is 22.5 Å². The summed E-state index contributed by atoms with van der Waals surface area (Å²) in [5.41, 5.74) is -0.158. The van der Waals surface area contributed by atoms with Crippen LogP contribution in [-0.2, 0) is 16.1 Å². The van der Waals surface area contributed by atoms with Gasteiger partial charge in [-0.25, -0.2) is 0 Å². The molecule has 10 nitrogen and oxygen atoms in total. The van der Waals surface area contributed by atoms with Gasteiger partial charge in [0.15, 0.2) is 0 Å². The topological polar surface area (TPSA) is 122 Å². The molecule has 0 aliphatic carbocycles. The molecule has 0 aromatic carbocycles. The smallest absolute Gasteiger partial charge is 0.317 e. The van der Waals surface area contributed by atoms with E-state index in [9.17, 15) is 19.7 Å². The van der Waals surface area contributed by atoms with Crippen molar-refractivity contribution in [2.45, 2.75) is 6.54 Å². The van der Waals surface area contributed by atoms with Crippen LogP contribution in [-0.4, -0.2) is 74.2 Å². The van der Waals surface area contributed by atoms with Crippen LogP contribution in [0.2, 0.25) is 0 Å². The Kier molecular flexibility index (Phi) is 4.48. The second kappa shape index (κ2) is 6.31. The fraction of sp³-hybridized carbons (Fsp3) is 0.545. The summed E-state index contributed by atoms with van der Waals surface area (Å²) in [6, 6.07) is 0. The van der Waals surface area contributed by atoms with E-state index in [0.717, 1.165) is 6.20 Å². The maximum atomic E-state index is 12.0. The van der Waals surface area contributed by atoms with Crippen LogP contribution in [0, 0.1) is 10.1 Å². The molecule has 114 valence electrons. The molecule has 0 bridgehead atoms. The number of aromatic nitrogens is 2. The second-order valence-electron chi connectivity index (χ2n) is 4.70. The Morgan fingerprint density at radius 3 is 2.48 bits per heavy atom. The molecule has 2 heterocycles. The van der Waals surface area contributed by atoms with Gasteiger partial charge in [-0.15, -0.1) is 0 Å². The molecular weight excluding hydrogens is 282 g/mol. The van der Waals surface area contributed by atoms with Crippen LogP contribution in [0.1, 0.15) is 0 Å². The summed E-state index contributed by atoms with van der Waals surface area (Å²) in [5.74, 6) is -1.08. The zero-order valence-corrected chi connectivity index (χ0v) is 11.2. The van der Waals surface area contributed by atoms with Crippen LogP contribution in [0.4, 0.5) is 5.69 Å². The Bertz CT molecular complexity index is 549. The van der Waals surface area contributed by atoms with E-state index in [-0.39, 0.29) is 24.7 Å². The van der Waals surface area contributed by atoms with Gasteiger partial charge in [0.1, 0.15) is 18.9 Å². The predicted octanol–water partition coefficient (Wildman–Crippen LogP) is -0.980. The number of nitrogens with zero attached hydrogens (tertiary/aromatic N) is 5. The van der Waals surface area contributed by atoms with Gasteiger partial charge < -0.3 is 10.0 Å². The van der Waals surface area contributed by atoms with Crippen LogP contribution in [0.25, 0.3) is 0 Å². The SMILES string of the molecule is O=C(O)CN1CCN(C(=O)Cn2cc([N+](=O)[O-])cn2)CC1. The van der Waals surface area contributed by atoms with Gasteiger partial charge in [0.2, 0.25) is 5.91 Å². The summed E-state index contributed by atoms with van der Waals surface area (Å²) >= 11 is 0. The summed E-state index contributed by atoms with van der Waals surface area (Å²) in [6.07, 6.45) is 2.30. The van der Waals surface area contributed by atoms with E-state index in [1.54, 1.807) is 9.80 Å². The zero-order valence-electron chi connectivity index (χ0n) is 11.2. The van der Waals surface area contributed by atoms with Crippen LogP contribution >= 0.6 is 0 Å². The molecule has 21 heavy (non-hydrogen) atoms. The minimum Gasteiger partial charge on any atom is -0.480 e. The fourth-order valence-electron chi connectivity index (χ4n) is 2.12. The first kappa shape index (κ1) is 14.9. The number of nitro groups is 1. The Morgan fingerprint density at radius 1 is 1.29 bits per heavy atom. The lowest BCUT2D eigenvalue weighted by Gasteiger charge is -2.33. The number of carbonyl (C=O) groups excluding carboxylic acids is 1. The number of carboxylic acid groups (broad SMARTS) is 1. The molecule has 1 N–H and O–H groups in total. The van der Waals surface area contributed by atoms with Gasteiger partial charge in [-0.05, 0) is 0 Å². The largest absolute Gasteiger partial charge is 0.480 e. The minimum absolute atomic E-state index is 0.0343. The lowest BCUT2D eigenvalue weighted by Crippen LogP contribution is -2.50. The molecule has 0 unspecified atom stereocenters. The van der Waals surface area contributed by atoms with Crippen molar-refractivity contribution < 1.29 is 19.6 Å². The summed E-state index contributed by atoms with van der Waals surface area (Å²) < 4.78 is 1.23. The van der Waals surface area contributed by atoms with Crippen molar-refractivity contribution in [3.8, 4) is 0 Å². The van der Waals surface area contributed by atoms with E-state index in [1.807, 2.05) is 0 Å². The van der Waals surface area contributed by atoms with Crippen molar-refractivity contribution in [2.24, 2.45) is 0 Å². The van der Waals surface area contributed by atoms with E-state index in [4.69, 9.17) is 5.11 Å². The Hall–Kier alpha value is -2.49. The maximum Gasteiger partial charge on any atom is 0.317 e. The summed E-state index contributed by atoms with van der Waals surface area (Å²) in [6.45, 7) is 1.78. The fourth-order valence-corrected chi connectivity index (χ4v) is 2.12. The first-order valence-corrected chi connectivity index (χ1v) is 6.34. The number of piperazine rings is 1. The van der Waals surface area contributed by atoms with E-state index in [0.29, 0.717) is 26.2 Å². The van der Waals surface area contributed by atoms with Crippen LogP contribution in [0.3, 0.4) is 0 Å². The zero-order chi connectivity index (χ0) is 15.4. The van der Waals surface area contributed by atoms with Crippen molar-refractivity contribution in [1.29, 1.82) is 0 Å². The third-order valence-electron chi connectivity index (χ3n) is 3.21. The number of rotatable bonds is 5. The third kappa shape index (κ3) is 3.99. The number of carboxylic acids is 1. The molecule has 1 amide bonds. The minimum atomic E-state index is -0.890. The van der Waals surface area contributed by atoms with Gasteiger partial charge in [-0.1, -0.05) is 0 Å². The van der Waals surface area contributed by atoms with E-state index in [2.05, 4.69) is 5.10 Å². The van der Waals surface area contributed by atoms with Gasteiger partial charge in [-0.2, -0.15) is 5.10 Å². The Balaban J connectivity index is 1.84. The molecule has 0 spiro atoms. The summed E-state index contributed by atoms with van der Waals surface area (Å²) in [5, 5.41) is 23.0. The molecule has 0 saturated carbocycles. The maximum absolute atomic E-state index is 12.0. The molecular formula is C11H15N5O5. The molecule has 1 aromatic heterocycles. The number of aliphatic carboxylic acids is 1. The second-order valence-corrected chi connectivity index (χ2v) is 4.70. The van der Waals surface area contributed by atoms with Gasteiger partial charge in [0.05, 0.1) is 11.5 Å². The van der Waals surface area contributed by atoms with E-state index < -0.39 is 10.9 Å². The Morgan fingerprint density at radius 2 is 1.95 bits per heavy atom. The highest BCUT2D eigenvalue weighted by atomic mass is 16.6. The quantitative estimate of drug-likeness (QED) is 0.547. The van der Waals surface area contributed by atoms with Crippen molar-refractivity contribution >= 4 is 17.6 Å². The van der Waals surface area contributed by atoms with E-state index >= 15 is 0 Å². The first-order valence-electron chi connectivity index (χ1n) is 6.34. The number of hydrogen-bond donors (Lipinski definition) is 1. The number of hydrogen-bond acceptors (Lipinski definition) is 6. The molecule has 1 fully saturated rings. The predicted molar refractivity (Wildman–Crippen MR) is 69.5 cm³/mol. The Labute approximate surface area is 119 Å². The lowest BCUT2D eigenvalue weighted by molar-refractivity contribution is -0.385. The molecule has 1 aliphatic rings. The van der Waals surface area contributed by atoms with Crippen molar-refractivity contribution in [1.82, 2.24) is 19.6 Å². The number of carbonyl (C=O) groups is 2. The van der Waals surface area contributed by atoms with Crippen molar-refractivity contribution in [2.75, 3.05) is 32.7 Å². The molecule has 0 radical (unpaired) electrons. The average molecular weight is 297 g/mol. The van der Waals surface area contributed by atoms with Gasteiger partial charge in [0.25, 0.3) is 0 Å². The molecule has 1 saturated heterocycles. The summed E-state index contributed by atoms with van der Waals surface area (Å²) in [4.78, 5) is 35.9. The van der Waals surface area contributed by atoms with Gasteiger partial charge in [-0.3, -0.25) is 29.3 Å². The molecule has 10 heteroatoms. The molecule has 0 atom stereocenters. The standard InChI is InChI=1S/C11H15N5O5/c17-10(7-15-6-9(5-12-15)16(20)21)14-3-1-13(2-4-14)8-11(18)19/h5-6H,1-4,7-8H2,(H,18,19). The van der Waals surface area contributed by atoms with E-state index in [1.165, 1.54) is 10.9 Å². The third-order valence-corrected chi connectivity index (χ3v) is 3.21. The highest BCUT2D eigenvalue weighted by Crippen LogP contribution is 2.09. The molecule has 2 rings (SSSR count). The van der Waals surface area contributed by atoms with Crippen LogP contribution in [0.5, 0.6) is 0 Å². The van der Waals surface area contributed by atoms with Gasteiger partial charge in [0, 0.05) is 26.2 Å². The van der Waals surface area contributed by atoms with Crippen LogP contribution in [0.15, 0.2) is 12.4 Å². The normalized spacial score (nSPS) is 15.9. The molecule has 1 aromatic rings. The highest BCUT2D eigenvalue weighted by molar-refractivity contribution is 5.76. The average Bonchev–Trinajstić information content (AvgIpc) is 2.87. The molecule has 1 aliphatic heterocycles. The first-order chi connectivity index (χ1) is 9.95. The lowest BCUT2D eigenvalue weighted by atomic mass is 10.3. The van der Waals surface area contributed by atoms with Crippen molar-refractivity contribution in [3.63, 3.8) is 0 Å².